The summed E-state index contributed by atoms with van der Waals surface area (Å²) in [5, 5.41) is 0. The first-order valence-electron chi connectivity index (χ1n) is 13.2. The molecule has 0 aliphatic carbocycles. The fourth-order valence-corrected chi connectivity index (χ4v) is 4.44. The highest BCUT2D eigenvalue weighted by molar-refractivity contribution is 5.80. The molecule has 0 aliphatic heterocycles. The van der Waals surface area contributed by atoms with Crippen LogP contribution < -0.4 is 9.47 Å². The molecule has 3 rings (SSSR count). The maximum absolute atomic E-state index is 6.43. The molecule has 3 aromatic carbocycles. The van der Waals surface area contributed by atoms with E-state index < -0.39 is 0 Å². The van der Waals surface area contributed by atoms with Gasteiger partial charge in [0.1, 0.15) is 0 Å². The Balaban J connectivity index is 1.90. The van der Waals surface area contributed by atoms with E-state index in [1.54, 1.807) is 0 Å². The second-order valence-corrected chi connectivity index (χ2v) is 9.30. The highest BCUT2D eigenvalue weighted by Gasteiger charge is 2.16. The molecular formula is C32H42O2. The van der Waals surface area contributed by atoms with E-state index >= 15 is 0 Å². The summed E-state index contributed by atoms with van der Waals surface area (Å²) in [7, 11) is 0. The molecule has 0 saturated heterocycles. The van der Waals surface area contributed by atoms with Crippen LogP contribution in [0.25, 0.3) is 22.3 Å². The van der Waals surface area contributed by atoms with Gasteiger partial charge >= 0.3 is 0 Å². The zero-order valence-electron chi connectivity index (χ0n) is 21.7. The fraction of sp³-hybridized carbons (Fsp3) is 0.438. The highest BCUT2D eigenvalue weighted by atomic mass is 16.5. The van der Waals surface area contributed by atoms with E-state index in [1.165, 1.54) is 66.3 Å². The van der Waals surface area contributed by atoms with Crippen molar-refractivity contribution in [1.82, 2.24) is 0 Å². The van der Waals surface area contributed by atoms with E-state index in [1.807, 2.05) is 0 Å². The Hall–Kier alpha value is -2.74. The molecule has 0 aromatic heterocycles. The molecule has 0 spiro atoms. The lowest BCUT2D eigenvalue weighted by atomic mass is 9.91. The summed E-state index contributed by atoms with van der Waals surface area (Å²) in [6.45, 7) is 10.3. The summed E-state index contributed by atoms with van der Waals surface area (Å²) < 4.78 is 12.7. The second-order valence-electron chi connectivity index (χ2n) is 9.30. The molecular weight excluding hydrogens is 416 g/mol. The minimum Gasteiger partial charge on any atom is -0.490 e. The molecule has 0 unspecified atom stereocenters. The van der Waals surface area contributed by atoms with Gasteiger partial charge < -0.3 is 9.47 Å². The summed E-state index contributed by atoms with van der Waals surface area (Å²) in [5.74, 6) is 1.76. The van der Waals surface area contributed by atoms with Gasteiger partial charge in [-0.25, -0.2) is 0 Å². The van der Waals surface area contributed by atoms with Crippen LogP contribution in [0.3, 0.4) is 0 Å². The number of benzene rings is 3. The Morgan fingerprint density at radius 1 is 0.559 bits per heavy atom. The number of hydrogen-bond donors (Lipinski definition) is 0. The van der Waals surface area contributed by atoms with Crippen molar-refractivity contribution in [1.29, 1.82) is 0 Å². The van der Waals surface area contributed by atoms with Crippen molar-refractivity contribution in [2.45, 2.75) is 79.1 Å². The van der Waals surface area contributed by atoms with E-state index in [9.17, 15) is 0 Å². The lowest BCUT2D eigenvalue weighted by molar-refractivity contribution is 0.259. The molecule has 0 heterocycles. The van der Waals surface area contributed by atoms with Crippen molar-refractivity contribution in [3.8, 4) is 33.8 Å². The predicted octanol–water partition coefficient (Wildman–Crippen LogP) is 9.56. The summed E-state index contributed by atoms with van der Waals surface area (Å²) in [4.78, 5) is 0. The average molecular weight is 459 g/mol. The number of unbranched alkanes of at least 4 members (excludes halogenated alkanes) is 6. The third kappa shape index (κ3) is 7.13. The van der Waals surface area contributed by atoms with Crippen LogP contribution in [-0.4, -0.2) is 13.2 Å². The van der Waals surface area contributed by atoms with Gasteiger partial charge in [-0.3, -0.25) is 0 Å². The lowest BCUT2D eigenvalue weighted by Crippen LogP contribution is -2.04. The molecule has 0 bridgehead atoms. The van der Waals surface area contributed by atoms with Crippen LogP contribution in [0.2, 0.25) is 0 Å². The molecule has 0 N–H and O–H groups in total. The van der Waals surface area contributed by atoms with E-state index in [0.29, 0.717) is 0 Å². The minimum absolute atomic E-state index is 0.726. The Morgan fingerprint density at radius 3 is 1.85 bits per heavy atom. The van der Waals surface area contributed by atoms with Gasteiger partial charge in [-0.1, -0.05) is 107 Å². The van der Waals surface area contributed by atoms with E-state index in [4.69, 9.17) is 9.47 Å². The van der Waals surface area contributed by atoms with Gasteiger partial charge in [0.05, 0.1) is 13.2 Å². The van der Waals surface area contributed by atoms with E-state index in [2.05, 4.69) is 88.4 Å². The zero-order valence-corrected chi connectivity index (χ0v) is 21.7. The molecule has 0 fully saturated rings. The van der Waals surface area contributed by atoms with Gasteiger partial charge in [0.2, 0.25) is 0 Å². The minimum atomic E-state index is 0.726. The molecule has 0 radical (unpaired) electrons. The number of rotatable bonds is 14. The molecule has 0 amide bonds. The van der Waals surface area contributed by atoms with Crippen molar-refractivity contribution in [3.05, 3.63) is 71.8 Å². The first kappa shape index (κ1) is 25.9. The number of aryl methyl sites for hydroxylation is 2. The van der Waals surface area contributed by atoms with Crippen LogP contribution in [0.5, 0.6) is 11.5 Å². The fourth-order valence-electron chi connectivity index (χ4n) is 4.44. The van der Waals surface area contributed by atoms with Gasteiger partial charge in [0.25, 0.3) is 0 Å². The topological polar surface area (TPSA) is 18.5 Å². The maximum atomic E-state index is 6.43. The highest BCUT2D eigenvalue weighted by Crippen LogP contribution is 2.41. The Bertz CT molecular complexity index is 1010. The van der Waals surface area contributed by atoms with Crippen molar-refractivity contribution in [2.75, 3.05) is 13.2 Å². The van der Waals surface area contributed by atoms with Crippen LogP contribution in [0, 0.1) is 13.8 Å². The summed E-state index contributed by atoms with van der Waals surface area (Å²) >= 11 is 0. The van der Waals surface area contributed by atoms with Gasteiger partial charge in [-0.2, -0.15) is 0 Å². The Labute approximate surface area is 207 Å². The molecule has 0 atom stereocenters. The van der Waals surface area contributed by atoms with E-state index in [0.717, 1.165) is 43.1 Å². The zero-order chi connectivity index (χ0) is 24.2. The Morgan fingerprint density at radius 2 is 1.18 bits per heavy atom. The van der Waals surface area contributed by atoms with Gasteiger partial charge in [-0.05, 0) is 60.6 Å². The summed E-state index contributed by atoms with van der Waals surface area (Å²) in [6.07, 6.45) is 9.55. The summed E-state index contributed by atoms with van der Waals surface area (Å²) in [6, 6.07) is 21.6. The molecule has 2 heteroatoms. The molecule has 0 saturated carbocycles. The average Bonchev–Trinajstić information content (AvgIpc) is 2.86. The van der Waals surface area contributed by atoms with Crippen molar-refractivity contribution < 1.29 is 9.47 Å². The SMILES string of the molecule is CCCCCCOc1cccc(-c2cc(C)c(-c3ccccc3)cc2C)c1OCCCCCC. The molecule has 0 aliphatic rings. The lowest BCUT2D eigenvalue weighted by Gasteiger charge is -2.19. The van der Waals surface area contributed by atoms with Crippen LogP contribution in [-0.2, 0) is 0 Å². The van der Waals surface area contributed by atoms with Crippen molar-refractivity contribution in [2.24, 2.45) is 0 Å². The number of para-hydroxylation sites is 1. The first-order valence-corrected chi connectivity index (χ1v) is 13.2. The van der Waals surface area contributed by atoms with Crippen LogP contribution in [0.1, 0.15) is 76.3 Å². The van der Waals surface area contributed by atoms with Gasteiger partial charge in [-0.15, -0.1) is 0 Å². The van der Waals surface area contributed by atoms with Crippen LogP contribution in [0.15, 0.2) is 60.7 Å². The largest absolute Gasteiger partial charge is 0.490 e. The second kappa shape index (κ2) is 13.8. The Kier molecular flexibility index (Phi) is 10.5. The van der Waals surface area contributed by atoms with E-state index in [-0.39, 0.29) is 0 Å². The standard InChI is InChI=1S/C32H42O2/c1-5-7-9-14-21-33-31-20-16-19-28(32(31)34-22-15-10-8-6-2)30-24-25(3)29(23-26(30)4)27-17-12-11-13-18-27/h11-13,16-20,23-24H,5-10,14-15,21-22H2,1-4H3. The third-order valence-corrected chi connectivity index (χ3v) is 6.42. The predicted molar refractivity (Wildman–Crippen MR) is 146 cm³/mol. The quantitative estimate of drug-likeness (QED) is 0.224. The third-order valence-electron chi connectivity index (χ3n) is 6.42. The number of hydrogen-bond acceptors (Lipinski definition) is 2. The van der Waals surface area contributed by atoms with Crippen LogP contribution in [0.4, 0.5) is 0 Å². The molecule has 34 heavy (non-hydrogen) atoms. The van der Waals surface area contributed by atoms with Crippen LogP contribution >= 0.6 is 0 Å². The van der Waals surface area contributed by atoms with Gasteiger partial charge in [0, 0.05) is 5.56 Å². The van der Waals surface area contributed by atoms with Crippen molar-refractivity contribution in [3.63, 3.8) is 0 Å². The summed E-state index contributed by atoms with van der Waals surface area (Å²) in [5.41, 5.74) is 7.41. The molecule has 2 nitrogen and oxygen atoms in total. The smallest absolute Gasteiger partial charge is 0.168 e. The molecule has 182 valence electrons. The molecule has 3 aromatic rings. The normalized spacial score (nSPS) is 10.9. The first-order chi connectivity index (χ1) is 16.7. The van der Waals surface area contributed by atoms with Crippen molar-refractivity contribution >= 4 is 0 Å². The monoisotopic (exact) mass is 458 g/mol. The van der Waals surface area contributed by atoms with Gasteiger partial charge in [0.15, 0.2) is 11.5 Å². The maximum Gasteiger partial charge on any atom is 0.168 e. The number of ether oxygens (including phenoxy) is 2.